The molecule has 5 aromatic rings. The second-order valence-corrected chi connectivity index (χ2v) is 9.13. The number of aliphatic hydroxyl groups excluding tert-OH is 3. The number of rotatable bonds is 6. The summed E-state index contributed by atoms with van der Waals surface area (Å²) in [5.41, 5.74) is 1.36. The van der Waals surface area contributed by atoms with Crippen molar-refractivity contribution in [3.63, 3.8) is 0 Å². The molecule has 3 N–H and O–H groups in total. The molecule has 5 atom stereocenters. The van der Waals surface area contributed by atoms with Gasteiger partial charge in [-0.3, -0.25) is 4.57 Å². The molecule has 1 aliphatic rings. The van der Waals surface area contributed by atoms with Crippen LogP contribution < -0.4 is 0 Å². The first-order chi connectivity index (χ1) is 19.4. The van der Waals surface area contributed by atoms with E-state index in [-0.39, 0.29) is 17.1 Å². The van der Waals surface area contributed by atoms with E-state index in [1.165, 1.54) is 12.5 Å². The molecule has 2 aromatic carbocycles. The fourth-order valence-corrected chi connectivity index (χ4v) is 4.72. The first-order valence-corrected chi connectivity index (χ1v) is 12.0. The summed E-state index contributed by atoms with van der Waals surface area (Å²) < 4.78 is 51.3. The minimum atomic E-state index is -1.62. The number of hydrogen-bond acceptors (Lipinski definition) is 9. The van der Waals surface area contributed by atoms with Gasteiger partial charge in [-0.1, -0.05) is 5.21 Å². The number of imidazole rings is 1. The lowest BCUT2D eigenvalue weighted by Crippen LogP contribution is -2.53. The van der Waals surface area contributed by atoms with Crippen molar-refractivity contribution in [3.05, 3.63) is 90.9 Å². The van der Waals surface area contributed by atoms with E-state index in [2.05, 4.69) is 25.5 Å². The van der Waals surface area contributed by atoms with Gasteiger partial charge in [-0.05, 0) is 36.4 Å². The van der Waals surface area contributed by atoms with Gasteiger partial charge in [0, 0.05) is 29.3 Å². The molecule has 1 saturated heterocycles. The highest BCUT2D eigenvalue weighted by atomic mass is 19.2. The van der Waals surface area contributed by atoms with Crippen LogP contribution in [0.3, 0.4) is 0 Å². The number of ether oxygens (including phenoxy) is 1. The van der Waals surface area contributed by atoms with Crippen molar-refractivity contribution < 1.29 is 33.2 Å². The van der Waals surface area contributed by atoms with Crippen LogP contribution in [0.15, 0.2) is 67.6 Å². The van der Waals surface area contributed by atoms with Gasteiger partial charge in [0.1, 0.15) is 42.5 Å². The van der Waals surface area contributed by atoms with Gasteiger partial charge in [0.05, 0.1) is 19.1 Å². The minimum Gasteiger partial charge on any atom is -0.394 e. The standard InChI is InChI=1S/C25H21F3N8O4/c26-16-7-13(8-17(27)20(16)28)18-9-36(33-31-18)21-22(38)19(10-37)40-24(23(21)39)25-32-30-12-35(25)15-3-1-14(2-4-15)34-6-5-29-11-34/h1-9,11-12,19,21-24,37-39H,10H2/t19-,21+,22+,23-,24-/m1/s1. The van der Waals surface area contributed by atoms with Crippen molar-refractivity contribution in [1.82, 2.24) is 39.3 Å². The van der Waals surface area contributed by atoms with E-state index in [4.69, 9.17) is 4.74 Å². The third-order valence-electron chi connectivity index (χ3n) is 6.75. The summed E-state index contributed by atoms with van der Waals surface area (Å²) in [6, 6.07) is 7.59. The third-order valence-corrected chi connectivity index (χ3v) is 6.75. The molecule has 0 radical (unpaired) electrons. The monoisotopic (exact) mass is 554 g/mol. The minimum absolute atomic E-state index is 0.0399. The van der Waals surface area contributed by atoms with Crippen LogP contribution in [0, 0.1) is 17.5 Å². The van der Waals surface area contributed by atoms with Crippen molar-refractivity contribution >= 4 is 0 Å². The fourth-order valence-electron chi connectivity index (χ4n) is 4.72. The predicted molar refractivity (Wildman–Crippen MR) is 130 cm³/mol. The van der Waals surface area contributed by atoms with Crippen LogP contribution in [-0.4, -0.2) is 79.5 Å². The van der Waals surface area contributed by atoms with Crippen molar-refractivity contribution in [2.24, 2.45) is 0 Å². The zero-order valence-corrected chi connectivity index (χ0v) is 20.4. The number of benzene rings is 2. The SMILES string of the molecule is OC[C@H]1O[C@@H](c2nncn2-c2ccc(-n3ccnc3)cc2)[C@H](O)[C@@H](n2cc(-c3cc(F)c(F)c(F)c3)nn2)[C@H]1O. The van der Waals surface area contributed by atoms with Crippen LogP contribution in [0.4, 0.5) is 13.2 Å². The summed E-state index contributed by atoms with van der Waals surface area (Å²) in [6.07, 6.45) is 2.48. The normalized spacial score (nSPS) is 23.0. The number of aliphatic hydroxyl groups is 3. The molecule has 6 rings (SSSR count). The highest BCUT2D eigenvalue weighted by Crippen LogP contribution is 2.38. The third kappa shape index (κ3) is 4.44. The van der Waals surface area contributed by atoms with Crippen molar-refractivity contribution in [2.45, 2.75) is 30.5 Å². The maximum Gasteiger partial charge on any atom is 0.194 e. The van der Waals surface area contributed by atoms with Crippen LogP contribution >= 0.6 is 0 Å². The predicted octanol–water partition coefficient (Wildman–Crippen LogP) is 1.52. The smallest absolute Gasteiger partial charge is 0.194 e. The topological polar surface area (TPSA) is 149 Å². The molecule has 0 unspecified atom stereocenters. The number of halogens is 3. The van der Waals surface area contributed by atoms with Gasteiger partial charge < -0.3 is 24.6 Å². The van der Waals surface area contributed by atoms with Crippen LogP contribution in [0.1, 0.15) is 18.0 Å². The molecule has 0 bridgehead atoms. The molecular weight excluding hydrogens is 533 g/mol. The highest BCUT2D eigenvalue weighted by molar-refractivity contribution is 5.58. The van der Waals surface area contributed by atoms with Gasteiger partial charge in [0.25, 0.3) is 0 Å². The van der Waals surface area contributed by atoms with Crippen LogP contribution in [0.5, 0.6) is 0 Å². The number of hydrogen-bond donors (Lipinski definition) is 3. The first-order valence-electron chi connectivity index (χ1n) is 12.0. The average Bonchev–Trinajstić information content (AvgIpc) is 3.74. The van der Waals surface area contributed by atoms with Gasteiger partial charge in [-0.2, -0.15) is 0 Å². The second-order valence-electron chi connectivity index (χ2n) is 9.13. The molecule has 1 fully saturated rings. The Balaban J connectivity index is 1.33. The molecule has 15 heteroatoms. The average molecular weight is 554 g/mol. The van der Waals surface area contributed by atoms with E-state index >= 15 is 0 Å². The van der Waals surface area contributed by atoms with Gasteiger partial charge in [0.15, 0.2) is 23.3 Å². The Bertz CT molecular complexity index is 1600. The van der Waals surface area contributed by atoms with E-state index in [1.54, 1.807) is 35.4 Å². The lowest BCUT2D eigenvalue weighted by Gasteiger charge is -2.41. The Kier molecular flexibility index (Phi) is 6.63. The zero-order chi connectivity index (χ0) is 28.0. The fraction of sp³-hybridized carbons (Fsp3) is 0.240. The Labute approximate surface area is 223 Å². The van der Waals surface area contributed by atoms with E-state index in [9.17, 15) is 28.5 Å². The number of nitrogens with zero attached hydrogens (tertiary/aromatic N) is 8. The van der Waals surface area contributed by atoms with Gasteiger partial charge in [0.2, 0.25) is 0 Å². The molecule has 12 nitrogen and oxygen atoms in total. The van der Waals surface area contributed by atoms with E-state index in [0.717, 1.165) is 22.5 Å². The largest absolute Gasteiger partial charge is 0.394 e. The van der Waals surface area contributed by atoms with E-state index in [1.807, 2.05) is 16.7 Å². The molecule has 0 aliphatic carbocycles. The van der Waals surface area contributed by atoms with E-state index in [0.29, 0.717) is 5.69 Å². The second kappa shape index (κ2) is 10.3. The molecule has 1 aliphatic heterocycles. The summed E-state index contributed by atoms with van der Waals surface area (Å²) in [6.45, 7) is -0.607. The van der Waals surface area contributed by atoms with Crippen LogP contribution in [0.25, 0.3) is 22.6 Å². The Morgan fingerprint density at radius 2 is 1.65 bits per heavy atom. The van der Waals surface area contributed by atoms with Gasteiger partial charge in [-0.25, -0.2) is 22.8 Å². The Hall–Kier alpha value is -4.44. The first kappa shape index (κ1) is 25.8. The van der Waals surface area contributed by atoms with Crippen LogP contribution in [0.2, 0.25) is 0 Å². The quantitative estimate of drug-likeness (QED) is 0.266. The molecule has 40 heavy (non-hydrogen) atoms. The summed E-state index contributed by atoms with van der Waals surface area (Å²) in [5, 5.41) is 48.1. The molecule has 4 heterocycles. The van der Waals surface area contributed by atoms with Crippen molar-refractivity contribution in [2.75, 3.05) is 6.61 Å². The molecule has 0 amide bonds. The van der Waals surface area contributed by atoms with Crippen molar-refractivity contribution in [3.8, 4) is 22.6 Å². The molecule has 206 valence electrons. The number of aromatic nitrogens is 8. The van der Waals surface area contributed by atoms with Crippen LogP contribution in [-0.2, 0) is 4.74 Å². The summed E-state index contributed by atoms with van der Waals surface area (Å²) in [4.78, 5) is 4.03. The van der Waals surface area contributed by atoms with E-state index < -0.39 is 54.5 Å². The molecule has 3 aromatic heterocycles. The maximum atomic E-state index is 13.8. The summed E-state index contributed by atoms with van der Waals surface area (Å²) in [5.74, 6) is -4.26. The zero-order valence-electron chi connectivity index (χ0n) is 20.4. The van der Waals surface area contributed by atoms with Crippen molar-refractivity contribution in [1.29, 1.82) is 0 Å². The van der Waals surface area contributed by atoms with Gasteiger partial charge >= 0.3 is 0 Å². The lowest BCUT2D eigenvalue weighted by atomic mass is 9.92. The lowest BCUT2D eigenvalue weighted by molar-refractivity contribution is -0.210. The Morgan fingerprint density at radius 3 is 2.33 bits per heavy atom. The molecule has 0 spiro atoms. The Morgan fingerprint density at radius 1 is 0.925 bits per heavy atom. The summed E-state index contributed by atoms with van der Waals surface area (Å²) in [7, 11) is 0. The molecule has 0 saturated carbocycles. The molecular formula is C25H21F3N8O4. The maximum absolute atomic E-state index is 13.8. The summed E-state index contributed by atoms with van der Waals surface area (Å²) >= 11 is 0. The highest BCUT2D eigenvalue weighted by Gasteiger charge is 2.48. The van der Waals surface area contributed by atoms with Gasteiger partial charge in [-0.15, -0.1) is 15.3 Å².